The van der Waals surface area contributed by atoms with Gasteiger partial charge in [0.2, 0.25) is 10.0 Å². The minimum absolute atomic E-state index is 0.0725. The Morgan fingerprint density at radius 3 is 2.25 bits per heavy atom. The predicted molar refractivity (Wildman–Crippen MR) is 124 cm³/mol. The number of rotatable bonds is 9. The minimum atomic E-state index is -3.17. The lowest BCUT2D eigenvalue weighted by Gasteiger charge is -2.32. The fourth-order valence-corrected chi connectivity index (χ4v) is 5.04. The van der Waals surface area contributed by atoms with Gasteiger partial charge in [0.15, 0.2) is 17.3 Å². The van der Waals surface area contributed by atoms with Crippen LogP contribution in [-0.2, 0) is 23.0 Å². The first-order valence-electron chi connectivity index (χ1n) is 10.7. The predicted octanol–water partition coefficient (Wildman–Crippen LogP) is 2.12. The van der Waals surface area contributed by atoms with Crippen molar-refractivity contribution in [3.8, 4) is 11.5 Å². The summed E-state index contributed by atoms with van der Waals surface area (Å²) in [5, 5.41) is 0. The zero-order valence-corrected chi connectivity index (χ0v) is 20.4. The number of aromatic nitrogens is 1. The van der Waals surface area contributed by atoms with Crippen LogP contribution in [0.2, 0.25) is 0 Å². The van der Waals surface area contributed by atoms with E-state index in [9.17, 15) is 13.2 Å². The zero-order valence-electron chi connectivity index (χ0n) is 19.6. The molecule has 9 heteroatoms. The number of Topliss-reactive ketones (excluding diaryl/α,β-unsaturated/α-hetero) is 1. The minimum Gasteiger partial charge on any atom is -0.493 e. The summed E-state index contributed by atoms with van der Waals surface area (Å²) in [6.45, 7) is 7.05. The Bertz CT molecular complexity index is 1070. The molecule has 0 aliphatic carbocycles. The van der Waals surface area contributed by atoms with Crippen molar-refractivity contribution >= 4 is 15.8 Å². The number of hydrogen-bond acceptors (Lipinski definition) is 6. The summed E-state index contributed by atoms with van der Waals surface area (Å²) in [5.74, 6) is 1.48. The number of ketones is 1. The summed E-state index contributed by atoms with van der Waals surface area (Å²) >= 11 is 0. The molecule has 0 unspecified atom stereocenters. The quantitative estimate of drug-likeness (QED) is 0.530. The standard InChI is InChI=1S/C23H33N3O5S/c1-17-14-20(21(27)16-24-10-12-25(13-11-24)32(5,28)29)18(2)26(17)9-8-19-6-7-22(30-3)23(15-19)31-4/h6-7,14-15H,8-13,16H2,1-5H3. The van der Waals surface area contributed by atoms with E-state index in [0.29, 0.717) is 44.2 Å². The van der Waals surface area contributed by atoms with Crippen LogP contribution < -0.4 is 9.47 Å². The topological polar surface area (TPSA) is 81.1 Å². The van der Waals surface area contributed by atoms with E-state index >= 15 is 0 Å². The van der Waals surface area contributed by atoms with Gasteiger partial charge in [-0.2, -0.15) is 4.31 Å². The molecule has 1 aliphatic heterocycles. The highest BCUT2D eigenvalue weighted by Crippen LogP contribution is 2.28. The molecule has 0 atom stereocenters. The van der Waals surface area contributed by atoms with Gasteiger partial charge in [0.05, 0.1) is 27.0 Å². The first kappa shape index (κ1) is 24.3. The van der Waals surface area contributed by atoms with E-state index in [2.05, 4.69) is 4.57 Å². The Balaban J connectivity index is 1.64. The third-order valence-electron chi connectivity index (χ3n) is 6.11. The molecule has 0 saturated carbocycles. The molecule has 1 saturated heterocycles. The summed E-state index contributed by atoms with van der Waals surface area (Å²) in [6.07, 6.45) is 2.03. The van der Waals surface area contributed by atoms with Crippen LogP contribution in [0.4, 0.5) is 0 Å². The molecule has 0 amide bonds. The number of carbonyl (C=O) groups is 1. The van der Waals surface area contributed by atoms with Crippen molar-refractivity contribution in [1.82, 2.24) is 13.8 Å². The Kier molecular flexibility index (Phi) is 7.63. The van der Waals surface area contributed by atoms with Crippen LogP contribution in [0.3, 0.4) is 0 Å². The van der Waals surface area contributed by atoms with E-state index < -0.39 is 10.0 Å². The van der Waals surface area contributed by atoms with E-state index in [1.54, 1.807) is 14.2 Å². The van der Waals surface area contributed by atoms with E-state index in [4.69, 9.17) is 9.47 Å². The van der Waals surface area contributed by atoms with Gasteiger partial charge in [-0.3, -0.25) is 9.69 Å². The average Bonchev–Trinajstić information content (AvgIpc) is 3.05. The van der Waals surface area contributed by atoms with Crippen molar-refractivity contribution in [3.05, 3.63) is 46.8 Å². The van der Waals surface area contributed by atoms with Crippen LogP contribution in [0.5, 0.6) is 11.5 Å². The maximum absolute atomic E-state index is 13.0. The van der Waals surface area contributed by atoms with Gasteiger partial charge in [-0.1, -0.05) is 6.07 Å². The van der Waals surface area contributed by atoms with Gasteiger partial charge in [0.1, 0.15) is 0 Å². The lowest BCUT2D eigenvalue weighted by Crippen LogP contribution is -2.49. The second-order valence-electron chi connectivity index (χ2n) is 8.24. The first-order valence-corrected chi connectivity index (χ1v) is 12.6. The Morgan fingerprint density at radius 2 is 1.66 bits per heavy atom. The number of methoxy groups -OCH3 is 2. The molecule has 2 aromatic rings. The van der Waals surface area contributed by atoms with E-state index in [1.807, 2.05) is 43.0 Å². The molecular weight excluding hydrogens is 430 g/mol. The first-order chi connectivity index (χ1) is 15.1. The van der Waals surface area contributed by atoms with E-state index in [1.165, 1.54) is 10.6 Å². The van der Waals surface area contributed by atoms with Crippen LogP contribution in [0.1, 0.15) is 27.3 Å². The lowest BCUT2D eigenvalue weighted by molar-refractivity contribution is 0.0901. The number of benzene rings is 1. The third kappa shape index (κ3) is 5.51. The highest BCUT2D eigenvalue weighted by Gasteiger charge is 2.25. The van der Waals surface area contributed by atoms with Crippen molar-refractivity contribution in [2.24, 2.45) is 0 Å². The monoisotopic (exact) mass is 463 g/mol. The van der Waals surface area contributed by atoms with Crippen molar-refractivity contribution in [1.29, 1.82) is 0 Å². The molecule has 8 nitrogen and oxygen atoms in total. The maximum Gasteiger partial charge on any atom is 0.211 e. The van der Waals surface area contributed by atoms with Gasteiger partial charge in [-0.15, -0.1) is 0 Å². The molecule has 0 bridgehead atoms. The molecule has 2 heterocycles. The number of sulfonamides is 1. The van der Waals surface area contributed by atoms with Gasteiger partial charge in [-0.05, 0) is 44.0 Å². The number of ether oxygens (including phenoxy) is 2. The molecular formula is C23H33N3O5S. The number of hydrogen-bond donors (Lipinski definition) is 0. The smallest absolute Gasteiger partial charge is 0.211 e. The normalized spacial score (nSPS) is 15.7. The summed E-state index contributed by atoms with van der Waals surface area (Å²) < 4.78 is 37.7. The lowest BCUT2D eigenvalue weighted by atomic mass is 10.1. The zero-order chi connectivity index (χ0) is 23.5. The Hall–Kier alpha value is -2.36. The number of aryl methyl sites for hydroxylation is 2. The Morgan fingerprint density at radius 1 is 1.00 bits per heavy atom. The van der Waals surface area contributed by atoms with Crippen molar-refractivity contribution in [2.75, 3.05) is 53.2 Å². The average molecular weight is 464 g/mol. The molecule has 0 spiro atoms. The second kappa shape index (κ2) is 10.1. The third-order valence-corrected chi connectivity index (χ3v) is 7.42. The maximum atomic E-state index is 13.0. The van der Waals surface area contributed by atoms with E-state index in [-0.39, 0.29) is 5.78 Å². The molecule has 1 fully saturated rings. The summed E-state index contributed by atoms with van der Waals surface area (Å²) in [5.41, 5.74) is 3.88. The SMILES string of the molecule is COc1ccc(CCn2c(C)cc(C(=O)CN3CCN(S(C)(=O)=O)CC3)c2C)cc1OC. The molecule has 32 heavy (non-hydrogen) atoms. The summed E-state index contributed by atoms with van der Waals surface area (Å²) in [6, 6.07) is 7.87. The summed E-state index contributed by atoms with van der Waals surface area (Å²) in [4.78, 5) is 15.0. The molecule has 1 aromatic heterocycles. The molecule has 176 valence electrons. The van der Waals surface area contributed by atoms with Crippen molar-refractivity contribution in [3.63, 3.8) is 0 Å². The highest BCUT2D eigenvalue weighted by molar-refractivity contribution is 7.88. The van der Waals surface area contributed by atoms with Crippen LogP contribution in [0, 0.1) is 13.8 Å². The number of piperazine rings is 1. The number of nitrogens with zero attached hydrogens (tertiary/aromatic N) is 3. The molecule has 3 rings (SSSR count). The fourth-order valence-electron chi connectivity index (χ4n) is 4.21. The summed E-state index contributed by atoms with van der Waals surface area (Å²) in [7, 11) is 0.0719. The van der Waals surface area contributed by atoms with Gasteiger partial charge >= 0.3 is 0 Å². The van der Waals surface area contributed by atoms with Crippen LogP contribution in [0.25, 0.3) is 0 Å². The fraction of sp³-hybridized carbons (Fsp3) is 0.522. The van der Waals surface area contributed by atoms with Crippen LogP contribution >= 0.6 is 0 Å². The Labute approximate surface area is 190 Å². The van der Waals surface area contributed by atoms with Crippen LogP contribution in [-0.4, -0.2) is 81.2 Å². The largest absolute Gasteiger partial charge is 0.493 e. The van der Waals surface area contributed by atoms with Crippen molar-refractivity contribution in [2.45, 2.75) is 26.8 Å². The molecule has 0 radical (unpaired) electrons. The van der Waals surface area contributed by atoms with Gasteiger partial charge in [0.25, 0.3) is 0 Å². The number of carbonyl (C=O) groups excluding carboxylic acids is 1. The van der Waals surface area contributed by atoms with Gasteiger partial charge < -0.3 is 14.0 Å². The van der Waals surface area contributed by atoms with Gasteiger partial charge in [0, 0.05) is 49.7 Å². The van der Waals surface area contributed by atoms with Crippen molar-refractivity contribution < 1.29 is 22.7 Å². The molecule has 1 aliphatic rings. The molecule has 0 N–H and O–H groups in total. The van der Waals surface area contributed by atoms with Gasteiger partial charge in [-0.25, -0.2) is 8.42 Å². The van der Waals surface area contributed by atoms with Crippen LogP contribution in [0.15, 0.2) is 24.3 Å². The highest BCUT2D eigenvalue weighted by atomic mass is 32.2. The molecule has 1 aromatic carbocycles. The van der Waals surface area contributed by atoms with E-state index in [0.717, 1.165) is 35.5 Å². The second-order valence-corrected chi connectivity index (χ2v) is 10.2.